The molecule has 0 radical (unpaired) electrons. The highest BCUT2D eigenvalue weighted by atomic mass is 35.5. The van der Waals surface area contributed by atoms with Gasteiger partial charge in [0.05, 0.1) is 5.69 Å². The molecule has 0 atom stereocenters. The van der Waals surface area contributed by atoms with Crippen molar-refractivity contribution in [1.29, 1.82) is 0 Å². The number of hydrogen-bond acceptors (Lipinski definition) is 4. The van der Waals surface area contributed by atoms with Gasteiger partial charge in [-0.1, -0.05) is 29.4 Å². The quantitative estimate of drug-likeness (QED) is 0.596. The van der Waals surface area contributed by atoms with Crippen LogP contribution in [-0.2, 0) is 6.42 Å². The minimum absolute atomic E-state index is 0.0446. The number of nitrogens with zero attached hydrogens (tertiary/aromatic N) is 3. The fourth-order valence-corrected chi connectivity index (χ4v) is 3.29. The minimum atomic E-state index is -1.15. The van der Waals surface area contributed by atoms with E-state index in [0.717, 1.165) is 11.0 Å². The fraction of sp³-hybridized carbons (Fsp3) is 0.118. The lowest BCUT2D eigenvalue weighted by molar-refractivity contribution is 0.194. The van der Waals surface area contributed by atoms with Crippen LogP contribution in [0.3, 0.4) is 0 Å². The third-order valence-electron chi connectivity index (χ3n) is 3.47. The number of nitrogens with one attached hydrogen (secondary N) is 1. The number of amides is 1. The molecule has 0 unspecified atom stereocenters. The first kappa shape index (κ1) is 19.1. The molecule has 2 heterocycles. The maximum Gasteiger partial charge on any atom is 0.404 e. The topological polar surface area (TPSA) is 80.0 Å². The first-order chi connectivity index (χ1) is 12.9. The molecule has 6 nitrogen and oxygen atoms in total. The average Bonchev–Trinajstić information content (AvgIpc) is 3.01. The second-order valence-corrected chi connectivity index (χ2v) is 6.84. The molecule has 0 bridgehead atoms. The standard InChI is InChI=1S/C17H13ClF2N4O2S/c18-14-5-4-11(9-22-14)27-15-8-10(6-7-21-17(25)26)23-24(15)13-3-1-2-12(19)16(13)20/h1-5,8-9,21H,6-7H2,(H,25,26). The van der Waals surface area contributed by atoms with Crippen LogP contribution in [0.4, 0.5) is 13.6 Å². The molecule has 0 aliphatic rings. The van der Waals surface area contributed by atoms with E-state index in [4.69, 9.17) is 16.7 Å². The number of benzene rings is 1. The maximum atomic E-state index is 14.3. The van der Waals surface area contributed by atoms with Gasteiger partial charge in [-0.2, -0.15) is 5.10 Å². The molecule has 27 heavy (non-hydrogen) atoms. The van der Waals surface area contributed by atoms with E-state index < -0.39 is 17.7 Å². The van der Waals surface area contributed by atoms with Crippen LogP contribution in [0.25, 0.3) is 5.69 Å². The molecular weight excluding hydrogens is 398 g/mol. The Labute approximate surface area is 162 Å². The van der Waals surface area contributed by atoms with Crippen LogP contribution in [0.1, 0.15) is 5.69 Å². The Hall–Kier alpha value is -2.65. The Morgan fingerprint density at radius 2 is 2.11 bits per heavy atom. The summed E-state index contributed by atoms with van der Waals surface area (Å²) in [6.45, 7) is 0.143. The predicted molar refractivity (Wildman–Crippen MR) is 96.6 cm³/mol. The van der Waals surface area contributed by atoms with Gasteiger partial charge < -0.3 is 10.4 Å². The molecule has 1 aromatic carbocycles. The van der Waals surface area contributed by atoms with Crippen LogP contribution in [0.15, 0.2) is 52.5 Å². The molecule has 0 aliphatic heterocycles. The van der Waals surface area contributed by atoms with Crippen LogP contribution in [0.2, 0.25) is 5.15 Å². The zero-order valence-electron chi connectivity index (χ0n) is 13.7. The summed E-state index contributed by atoms with van der Waals surface area (Å²) in [4.78, 5) is 15.3. The summed E-state index contributed by atoms with van der Waals surface area (Å²) in [6, 6.07) is 8.87. The van der Waals surface area contributed by atoms with Gasteiger partial charge >= 0.3 is 6.09 Å². The monoisotopic (exact) mass is 410 g/mol. The van der Waals surface area contributed by atoms with E-state index >= 15 is 0 Å². The number of carboxylic acid groups (broad SMARTS) is 1. The molecule has 140 valence electrons. The van der Waals surface area contributed by atoms with Crippen LogP contribution < -0.4 is 5.32 Å². The van der Waals surface area contributed by atoms with Gasteiger partial charge in [0.1, 0.15) is 15.9 Å². The molecule has 0 spiro atoms. The third kappa shape index (κ3) is 4.75. The molecule has 0 fully saturated rings. The van der Waals surface area contributed by atoms with E-state index in [9.17, 15) is 13.6 Å². The number of pyridine rings is 1. The number of aromatic nitrogens is 3. The summed E-state index contributed by atoms with van der Waals surface area (Å²) >= 11 is 7.03. The summed E-state index contributed by atoms with van der Waals surface area (Å²) < 4.78 is 29.2. The molecule has 10 heteroatoms. The Balaban J connectivity index is 1.95. The zero-order valence-corrected chi connectivity index (χ0v) is 15.3. The van der Waals surface area contributed by atoms with Crippen molar-refractivity contribution in [2.45, 2.75) is 16.3 Å². The molecule has 3 rings (SSSR count). The second kappa shape index (κ2) is 8.36. The van der Waals surface area contributed by atoms with Gasteiger partial charge in [0.25, 0.3) is 0 Å². The second-order valence-electron chi connectivity index (χ2n) is 5.36. The molecule has 1 amide bonds. The van der Waals surface area contributed by atoms with E-state index in [1.54, 1.807) is 24.4 Å². The highest BCUT2D eigenvalue weighted by Crippen LogP contribution is 2.31. The number of hydrogen-bond donors (Lipinski definition) is 2. The predicted octanol–water partition coefficient (Wildman–Crippen LogP) is 4.16. The summed E-state index contributed by atoms with van der Waals surface area (Å²) in [7, 11) is 0. The van der Waals surface area contributed by atoms with Gasteiger partial charge in [0.15, 0.2) is 11.6 Å². The normalized spacial score (nSPS) is 10.8. The smallest absolute Gasteiger partial charge is 0.404 e. The van der Waals surface area contributed by atoms with Gasteiger partial charge in [-0.25, -0.2) is 23.2 Å². The first-order valence-electron chi connectivity index (χ1n) is 7.73. The van der Waals surface area contributed by atoms with E-state index in [-0.39, 0.29) is 12.2 Å². The van der Waals surface area contributed by atoms with Crippen LogP contribution >= 0.6 is 23.4 Å². The maximum absolute atomic E-state index is 14.3. The van der Waals surface area contributed by atoms with E-state index in [1.807, 2.05) is 0 Å². The average molecular weight is 411 g/mol. The summed E-state index contributed by atoms with van der Waals surface area (Å²) in [5.41, 5.74) is 0.480. The largest absolute Gasteiger partial charge is 0.465 e. The van der Waals surface area contributed by atoms with Crippen molar-refractivity contribution in [3.63, 3.8) is 0 Å². The highest BCUT2D eigenvalue weighted by Gasteiger charge is 2.17. The van der Waals surface area contributed by atoms with Crippen molar-refractivity contribution in [3.8, 4) is 5.69 Å². The lowest BCUT2D eigenvalue weighted by Gasteiger charge is -2.08. The number of halogens is 3. The molecule has 0 saturated carbocycles. The van der Waals surface area contributed by atoms with Crippen molar-refractivity contribution in [1.82, 2.24) is 20.1 Å². The Bertz CT molecular complexity index is 966. The van der Waals surface area contributed by atoms with Gasteiger partial charge in [0.2, 0.25) is 0 Å². The molecule has 0 saturated heterocycles. The van der Waals surface area contributed by atoms with Gasteiger partial charge in [-0.05, 0) is 30.3 Å². The molecular formula is C17H13ClF2N4O2S. The molecule has 3 aromatic rings. The molecule has 0 aliphatic carbocycles. The van der Waals surface area contributed by atoms with Crippen molar-refractivity contribution < 1.29 is 18.7 Å². The fourth-order valence-electron chi connectivity index (χ4n) is 2.27. The lowest BCUT2D eigenvalue weighted by Crippen LogP contribution is -2.23. The Kier molecular flexibility index (Phi) is 5.92. The van der Waals surface area contributed by atoms with Crippen LogP contribution in [0.5, 0.6) is 0 Å². The van der Waals surface area contributed by atoms with E-state index in [0.29, 0.717) is 22.3 Å². The highest BCUT2D eigenvalue weighted by molar-refractivity contribution is 7.99. The molecule has 2 N–H and O–H groups in total. The SMILES string of the molecule is O=C(O)NCCc1cc(Sc2ccc(Cl)nc2)n(-c2cccc(F)c2F)n1. The Morgan fingerprint density at radius 3 is 2.81 bits per heavy atom. The van der Waals surface area contributed by atoms with Gasteiger partial charge in [-0.15, -0.1) is 0 Å². The van der Waals surface area contributed by atoms with Crippen molar-refractivity contribution in [3.05, 3.63) is 65.1 Å². The summed E-state index contributed by atoms with van der Waals surface area (Å²) in [6.07, 6.45) is 0.702. The van der Waals surface area contributed by atoms with Crippen LogP contribution in [-0.4, -0.2) is 32.5 Å². The summed E-state index contributed by atoms with van der Waals surface area (Å²) in [5, 5.41) is 16.1. The zero-order chi connectivity index (χ0) is 19.4. The van der Waals surface area contributed by atoms with Gasteiger partial charge in [-0.3, -0.25) is 0 Å². The Morgan fingerprint density at radius 1 is 1.30 bits per heavy atom. The molecule has 2 aromatic heterocycles. The van der Waals surface area contributed by atoms with Gasteiger partial charge in [0, 0.05) is 24.1 Å². The van der Waals surface area contributed by atoms with Crippen LogP contribution in [0, 0.1) is 11.6 Å². The van der Waals surface area contributed by atoms with E-state index in [2.05, 4.69) is 15.4 Å². The van der Waals surface area contributed by atoms with Crippen molar-refractivity contribution in [2.24, 2.45) is 0 Å². The minimum Gasteiger partial charge on any atom is -0.465 e. The van der Waals surface area contributed by atoms with E-state index in [1.165, 1.54) is 28.6 Å². The lowest BCUT2D eigenvalue weighted by atomic mass is 10.3. The van der Waals surface area contributed by atoms with Crippen molar-refractivity contribution in [2.75, 3.05) is 6.54 Å². The number of rotatable bonds is 6. The third-order valence-corrected chi connectivity index (χ3v) is 4.67. The summed E-state index contributed by atoms with van der Waals surface area (Å²) in [5.74, 6) is -2.01. The van der Waals surface area contributed by atoms with Crippen molar-refractivity contribution >= 4 is 29.5 Å². The number of carbonyl (C=O) groups is 1. The first-order valence-corrected chi connectivity index (χ1v) is 8.93.